The molecule has 36 heavy (non-hydrogen) atoms. The summed E-state index contributed by atoms with van der Waals surface area (Å²) in [6, 6.07) is 1.72. The van der Waals surface area contributed by atoms with E-state index in [1.807, 2.05) is 0 Å². The molecule has 2 aliphatic heterocycles. The summed E-state index contributed by atoms with van der Waals surface area (Å²) in [5.74, 6) is 1.94. The van der Waals surface area contributed by atoms with E-state index in [4.69, 9.17) is 0 Å². The Hall–Kier alpha value is -0.0800. The zero-order chi connectivity index (χ0) is 25.8. The van der Waals surface area contributed by atoms with Crippen molar-refractivity contribution < 1.29 is 0 Å². The van der Waals surface area contributed by atoms with Crippen molar-refractivity contribution in [3.05, 3.63) is 0 Å². The summed E-state index contributed by atoms with van der Waals surface area (Å²) >= 11 is 0. The molecule has 0 aromatic rings. The van der Waals surface area contributed by atoms with Crippen molar-refractivity contribution in [1.29, 1.82) is 0 Å². The molecule has 0 radical (unpaired) electrons. The normalized spacial score (nSPS) is 21.6. The summed E-state index contributed by atoms with van der Waals surface area (Å²) in [6.45, 7) is 14.9. The summed E-state index contributed by atoms with van der Waals surface area (Å²) in [6.07, 6.45) is 31.8. The molecule has 3 atom stereocenters. The topological polar surface area (TPSA) is 6.48 Å². The van der Waals surface area contributed by atoms with Crippen molar-refractivity contribution in [2.45, 2.75) is 181 Å². The van der Waals surface area contributed by atoms with Crippen LogP contribution in [0.15, 0.2) is 0 Å². The number of fused-ring (bicyclic) bond motifs is 2. The largest absolute Gasteiger partial charge is 0.300 e. The molecule has 0 aromatic carbocycles. The van der Waals surface area contributed by atoms with Crippen LogP contribution in [0.3, 0.4) is 0 Å². The Kier molecular flexibility index (Phi) is 18.6. The molecule has 2 bridgehead atoms. The molecule has 1 unspecified atom stereocenters. The van der Waals surface area contributed by atoms with Crippen LogP contribution in [0, 0.1) is 11.8 Å². The summed E-state index contributed by atoms with van der Waals surface area (Å²) in [5, 5.41) is 0. The second-order valence-electron chi connectivity index (χ2n) is 12.9. The van der Waals surface area contributed by atoms with Gasteiger partial charge in [-0.3, -0.25) is 4.90 Å². The van der Waals surface area contributed by atoms with E-state index in [1.54, 1.807) is 0 Å². The third kappa shape index (κ3) is 13.1. The third-order valence-corrected chi connectivity index (χ3v) is 9.65. The molecule has 2 fully saturated rings. The number of hydrogen-bond acceptors (Lipinski definition) is 2. The SMILES string of the molecule is CCCCCCC(CCCCCC)CCN1C[C@H]2CC[C@@H](C1)N2CC(CCCCC)CCCCCC. The van der Waals surface area contributed by atoms with Gasteiger partial charge in [-0.25, -0.2) is 0 Å². The molecule has 0 aliphatic carbocycles. The summed E-state index contributed by atoms with van der Waals surface area (Å²) in [5.41, 5.74) is 0. The van der Waals surface area contributed by atoms with Crippen molar-refractivity contribution in [2.75, 3.05) is 26.2 Å². The molecule has 0 spiro atoms. The first kappa shape index (κ1) is 32.1. The fourth-order valence-corrected chi connectivity index (χ4v) is 7.24. The molecule has 0 N–H and O–H groups in total. The Morgan fingerprint density at radius 3 is 1.39 bits per heavy atom. The molecular formula is C34H68N2. The van der Waals surface area contributed by atoms with E-state index in [9.17, 15) is 0 Å². The molecular weight excluding hydrogens is 436 g/mol. The third-order valence-electron chi connectivity index (χ3n) is 9.65. The lowest BCUT2D eigenvalue weighted by Crippen LogP contribution is -2.55. The second kappa shape index (κ2) is 20.8. The monoisotopic (exact) mass is 505 g/mol. The van der Waals surface area contributed by atoms with E-state index in [2.05, 4.69) is 37.5 Å². The molecule has 2 heterocycles. The van der Waals surface area contributed by atoms with Crippen LogP contribution in [0.2, 0.25) is 0 Å². The van der Waals surface area contributed by atoms with Crippen molar-refractivity contribution >= 4 is 0 Å². The highest BCUT2D eigenvalue weighted by Crippen LogP contribution is 2.33. The molecule has 0 aromatic heterocycles. The van der Waals surface area contributed by atoms with Crippen molar-refractivity contribution in [1.82, 2.24) is 9.80 Å². The summed E-state index contributed by atoms with van der Waals surface area (Å²) in [4.78, 5) is 5.91. The first-order chi connectivity index (χ1) is 17.7. The highest BCUT2D eigenvalue weighted by atomic mass is 15.3. The molecule has 2 aliphatic rings. The van der Waals surface area contributed by atoms with Crippen LogP contribution in [0.5, 0.6) is 0 Å². The summed E-state index contributed by atoms with van der Waals surface area (Å²) < 4.78 is 0. The van der Waals surface area contributed by atoms with E-state index in [1.165, 1.54) is 167 Å². The first-order valence-electron chi connectivity index (χ1n) is 17.2. The average molecular weight is 505 g/mol. The lowest BCUT2D eigenvalue weighted by molar-refractivity contribution is 0.0479. The maximum Gasteiger partial charge on any atom is 0.0227 e. The molecule has 0 amide bonds. The Morgan fingerprint density at radius 2 is 0.917 bits per heavy atom. The van der Waals surface area contributed by atoms with Gasteiger partial charge in [0.15, 0.2) is 0 Å². The van der Waals surface area contributed by atoms with Gasteiger partial charge in [0.1, 0.15) is 0 Å². The zero-order valence-corrected chi connectivity index (χ0v) is 25.6. The fourth-order valence-electron chi connectivity index (χ4n) is 7.24. The van der Waals surface area contributed by atoms with Crippen molar-refractivity contribution in [3.8, 4) is 0 Å². The number of likely N-dealkylation sites (tertiary alicyclic amines) is 1. The maximum atomic E-state index is 3.01. The Labute approximate surface area is 228 Å². The predicted octanol–water partition coefficient (Wildman–Crippen LogP) is 10.2. The number of nitrogens with zero attached hydrogens (tertiary/aromatic N) is 2. The predicted molar refractivity (Wildman–Crippen MR) is 162 cm³/mol. The van der Waals surface area contributed by atoms with Crippen LogP contribution in [0.1, 0.15) is 169 Å². The van der Waals surface area contributed by atoms with Gasteiger partial charge in [0, 0.05) is 31.7 Å². The minimum absolute atomic E-state index is 0.862. The zero-order valence-electron chi connectivity index (χ0n) is 25.6. The highest BCUT2D eigenvalue weighted by Gasteiger charge is 2.40. The van der Waals surface area contributed by atoms with E-state index < -0.39 is 0 Å². The van der Waals surface area contributed by atoms with Crippen LogP contribution >= 0.6 is 0 Å². The maximum absolute atomic E-state index is 3.01. The first-order valence-corrected chi connectivity index (χ1v) is 17.2. The van der Waals surface area contributed by atoms with Crippen LogP contribution in [-0.2, 0) is 0 Å². The van der Waals surface area contributed by atoms with E-state index in [0.29, 0.717) is 0 Å². The van der Waals surface area contributed by atoms with Gasteiger partial charge >= 0.3 is 0 Å². The lowest BCUT2D eigenvalue weighted by atomic mass is 9.91. The Balaban J connectivity index is 1.79. The fraction of sp³-hybridized carbons (Fsp3) is 1.00. The molecule has 2 nitrogen and oxygen atoms in total. The van der Waals surface area contributed by atoms with Gasteiger partial charge in [-0.05, 0) is 50.5 Å². The van der Waals surface area contributed by atoms with Crippen LogP contribution in [0.25, 0.3) is 0 Å². The molecule has 2 heteroatoms. The minimum atomic E-state index is 0.862. The standard InChI is InChI=1S/C34H68N2/c1-5-9-13-17-20-31(21-18-14-10-6-2)26-27-35-29-33-24-25-34(30-35)36(33)28-32(22-16-12-8-4)23-19-15-11-7-3/h31-34H,5-30H2,1-4H3/t32?,33-,34+. The summed E-state index contributed by atoms with van der Waals surface area (Å²) in [7, 11) is 0. The number of unbranched alkanes of at least 4 members (excludes halogenated alkanes) is 11. The van der Waals surface area contributed by atoms with E-state index >= 15 is 0 Å². The van der Waals surface area contributed by atoms with E-state index in [-0.39, 0.29) is 0 Å². The van der Waals surface area contributed by atoms with Crippen LogP contribution < -0.4 is 0 Å². The smallest absolute Gasteiger partial charge is 0.0227 e. The Bertz CT molecular complexity index is 466. The Morgan fingerprint density at radius 1 is 0.500 bits per heavy atom. The van der Waals surface area contributed by atoms with Gasteiger partial charge in [0.05, 0.1) is 0 Å². The average Bonchev–Trinajstić information content (AvgIpc) is 3.11. The minimum Gasteiger partial charge on any atom is -0.300 e. The molecule has 2 saturated heterocycles. The van der Waals surface area contributed by atoms with Gasteiger partial charge in [-0.2, -0.15) is 0 Å². The van der Waals surface area contributed by atoms with Gasteiger partial charge < -0.3 is 4.90 Å². The number of hydrogen-bond donors (Lipinski definition) is 0. The highest BCUT2D eigenvalue weighted by molar-refractivity contribution is 4.96. The lowest BCUT2D eigenvalue weighted by Gasteiger charge is -2.43. The second-order valence-corrected chi connectivity index (χ2v) is 12.9. The van der Waals surface area contributed by atoms with Crippen LogP contribution in [-0.4, -0.2) is 48.1 Å². The van der Waals surface area contributed by atoms with Crippen molar-refractivity contribution in [2.24, 2.45) is 11.8 Å². The van der Waals surface area contributed by atoms with Gasteiger partial charge in [-0.1, -0.05) is 137 Å². The quantitative estimate of drug-likeness (QED) is 0.121. The van der Waals surface area contributed by atoms with E-state index in [0.717, 1.165) is 23.9 Å². The van der Waals surface area contributed by atoms with Gasteiger partial charge in [0.25, 0.3) is 0 Å². The molecule has 0 saturated carbocycles. The number of piperazine rings is 1. The number of rotatable bonds is 24. The van der Waals surface area contributed by atoms with Gasteiger partial charge in [0.2, 0.25) is 0 Å². The molecule has 214 valence electrons. The van der Waals surface area contributed by atoms with Crippen LogP contribution in [0.4, 0.5) is 0 Å². The molecule has 2 rings (SSSR count). The van der Waals surface area contributed by atoms with Gasteiger partial charge in [-0.15, -0.1) is 0 Å². The van der Waals surface area contributed by atoms with Crippen molar-refractivity contribution in [3.63, 3.8) is 0 Å².